The van der Waals surface area contributed by atoms with Gasteiger partial charge in [-0.1, -0.05) is 12.2 Å². The Bertz CT molecular complexity index is 982. The number of hydrogen-bond donors (Lipinski definition) is 2. The number of hydrazine groups is 1. The molecule has 1 aromatic carbocycles. The number of nitrogens with zero attached hydrogens (tertiary/aromatic N) is 4. The Kier molecular flexibility index (Phi) is 7.88. The van der Waals surface area contributed by atoms with E-state index in [4.69, 9.17) is 0 Å². The molecule has 0 aliphatic carbocycles. The number of anilines is 1. The average Bonchev–Trinajstić information content (AvgIpc) is 2.77. The van der Waals surface area contributed by atoms with Gasteiger partial charge in [0.25, 0.3) is 10.2 Å². The minimum Gasteiger partial charge on any atom is -0.297 e. The second-order valence-corrected chi connectivity index (χ2v) is 10.4. The number of hydrogen-bond acceptors (Lipinski definition) is 5. The molecule has 11 heteroatoms. The van der Waals surface area contributed by atoms with Gasteiger partial charge >= 0.3 is 6.03 Å². The zero-order valence-corrected chi connectivity index (χ0v) is 19.5. The van der Waals surface area contributed by atoms with Crippen LogP contribution in [0.4, 0.5) is 14.9 Å². The number of carbonyl (C=O) groups excluding carboxylic acids is 1. The van der Waals surface area contributed by atoms with Crippen LogP contribution in [0.5, 0.6) is 0 Å². The van der Waals surface area contributed by atoms with Crippen LogP contribution in [0.15, 0.2) is 42.6 Å². The number of rotatable bonds is 7. The number of benzene rings is 1. The summed E-state index contributed by atoms with van der Waals surface area (Å²) in [6.07, 6.45) is 8.76. The van der Waals surface area contributed by atoms with Gasteiger partial charge in [0.2, 0.25) is 0 Å². The average molecular weight is 467 g/mol. The van der Waals surface area contributed by atoms with Crippen molar-refractivity contribution in [1.29, 1.82) is 0 Å². The molecule has 1 aromatic rings. The third-order valence-corrected chi connectivity index (χ3v) is 7.52. The highest BCUT2D eigenvalue weighted by Gasteiger charge is 2.31. The molecular formula is C21H31FN6O3S. The highest BCUT2D eigenvalue weighted by atomic mass is 32.2. The largest absolute Gasteiger partial charge is 0.340 e. The summed E-state index contributed by atoms with van der Waals surface area (Å²) in [7, 11) is 1.14. The van der Waals surface area contributed by atoms with E-state index in [1.165, 1.54) is 39.7 Å². The van der Waals surface area contributed by atoms with Crippen LogP contribution in [0.25, 0.3) is 0 Å². The van der Waals surface area contributed by atoms with Gasteiger partial charge in [-0.15, -0.1) is 0 Å². The number of piperidine rings is 1. The molecule has 2 heterocycles. The summed E-state index contributed by atoms with van der Waals surface area (Å²) < 4.78 is 41.7. The first-order chi connectivity index (χ1) is 15.2. The van der Waals surface area contributed by atoms with Crippen LogP contribution in [0.2, 0.25) is 0 Å². The molecule has 2 aliphatic heterocycles. The van der Waals surface area contributed by atoms with Crippen LogP contribution in [-0.4, -0.2) is 79.7 Å². The van der Waals surface area contributed by atoms with E-state index in [9.17, 15) is 17.6 Å². The molecule has 32 heavy (non-hydrogen) atoms. The molecular weight excluding hydrogens is 435 g/mol. The van der Waals surface area contributed by atoms with E-state index in [-0.39, 0.29) is 12.1 Å². The van der Waals surface area contributed by atoms with Crippen molar-refractivity contribution in [3.8, 4) is 0 Å². The minimum absolute atomic E-state index is 0.145. The van der Waals surface area contributed by atoms with Gasteiger partial charge in [-0.3, -0.25) is 20.7 Å². The number of halogens is 1. The summed E-state index contributed by atoms with van der Waals surface area (Å²) in [5, 5.41) is 0. The lowest BCUT2D eigenvalue weighted by atomic mass is 10.0. The molecule has 0 saturated carbocycles. The van der Waals surface area contributed by atoms with Gasteiger partial charge < -0.3 is 0 Å². The zero-order valence-electron chi connectivity index (χ0n) is 18.7. The third-order valence-electron chi connectivity index (χ3n) is 5.57. The summed E-state index contributed by atoms with van der Waals surface area (Å²) in [6.45, 7) is 2.31. The number of amides is 2. The van der Waals surface area contributed by atoms with E-state index in [0.717, 1.165) is 24.9 Å². The SMILES string of the molecule is CN(C)S(=O)(=O)N(C)[C@@H]1CCCN(Cc2cc(F)cc(NNC(=O)N3C=CC=CC3)c2)C1. The minimum atomic E-state index is -3.49. The third kappa shape index (κ3) is 6.06. The fourth-order valence-electron chi connectivity index (χ4n) is 3.81. The van der Waals surface area contributed by atoms with E-state index in [1.807, 2.05) is 12.2 Å². The van der Waals surface area contributed by atoms with Gasteiger partial charge in [-0.25, -0.2) is 9.18 Å². The van der Waals surface area contributed by atoms with Crippen LogP contribution < -0.4 is 10.9 Å². The van der Waals surface area contributed by atoms with Gasteiger partial charge in [0.05, 0.1) is 5.69 Å². The molecule has 0 radical (unpaired) electrons. The van der Waals surface area contributed by atoms with Gasteiger partial charge in [0.15, 0.2) is 0 Å². The van der Waals surface area contributed by atoms with E-state index in [0.29, 0.717) is 25.3 Å². The quantitative estimate of drug-likeness (QED) is 0.600. The molecule has 176 valence electrons. The maximum absolute atomic E-state index is 14.2. The second kappa shape index (κ2) is 10.4. The van der Waals surface area contributed by atoms with Crippen LogP contribution in [0, 0.1) is 5.82 Å². The predicted molar refractivity (Wildman–Crippen MR) is 122 cm³/mol. The van der Waals surface area contributed by atoms with Crippen LogP contribution in [-0.2, 0) is 16.8 Å². The highest BCUT2D eigenvalue weighted by molar-refractivity contribution is 7.86. The summed E-state index contributed by atoms with van der Waals surface area (Å²) in [4.78, 5) is 15.8. The molecule has 3 rings (SSSR count). The van der Waals surface area contributed by atoms with Crippen LogP contribution in [0.1, 0.15) is 18.4 Å². The first-order valence-electron chi connectivity index (χ1n) is 10.5. The number of urea groups is 1. The Labute approximate surface area is 189 Å². The van der Waals surface area contributed by atoms with Crippen molar-refractivity contribution in [2.45, 2.75) is 25.4 Å². The normalized spacial score (nSPS) is 19.6. The number of likely N-dealkylation sites (N-methyl/N-ethyl adjacent to an activating group) is 1. The molecule has 0 aromatic heterocycles. The molecule has 2 amide bonds. The fraction of sp³-hybridized carbons (Fsp3) is 0.476. The molecule has 1 saturated heterocycles. The molecule has 2 aliphatic rings. The summed E-state index contributed by atoms with van der Waals surface area (Å²) >= 11 is 0. The standard InChI is InChI=1S/C21H31FN6O3S/c1-25(2)32(30,31)26(3)20-8-7-9-27(16-20)15-17-12-18(22)14-19(13-17)23-24-21(29)28-10-5-4-6-11-28/h4-6,10,12-14,20,23H,7-9,11,15-16H2,1-3H3,(H,24,29)/t20-/m1/s1. The van der Waals surface area contributed by atoms with Crippen LogP contribution in [0.3, 0.4) is 0 Å². The number of carbonyl (C=O) groups is 1. The Balaban J connectivity index is 1.61. The van der Waals surface area contributed by atoms with E-state index >= 15 is 0 Å². The summed E-state index contributed by atoms with van der Waals surface area (Å²) in [5.41, 5.74) is 6.51. The van der Waals surface area contributed by atoms with Crippen molar-refractivity contribution in [2.24, 2.45) is 0 Å². The smallest absolute Gasteiger partial charge is 0.297 e. The molecule has 9 nitrogen and oxygen atoms in total. The molecule has 0 unspecified atom stereocenters. The second-order valence-electron chi connectivity index (χ2n) is 8.16. The van der Waals surface area contributed by atoms with Crippen LogP contribution >= 0.6 is 0 Å². The first kappa shape index (κ1) is 24.2. The molecule has 2 N–H and O–H groups in total. The maximum Gasteiger partial charge on any atom is 0.340 e. The van der Waals surface area contributed by atoms with Gasteiger partial charge in [0.1, 0.15) is 5.82 Å². The lowest BCUT2D eigenvalue weighted by Crippen LogP contribution is -2.50. The first-order valence-corrected chi connectivity index (χ1v) is 11.9. The molecule has 0 bridgehead atoms. The van der Waals surface area contributed by atoms with Gasteiger partial charge in [0, 0.05) is 53.0 Å². The maximum atomic E-state index is 14.2. The number of likely N-dealkylation sites (tertiary alicyclic amines) is 1. The van der Waals surface area contributed by atoms with Crippen molar-refractivity contribution in [3.05, 3.63) is 54.0 Å². The molecule has 0 spiro atoms. The van der Waals surface area contributed by atoms with Crippen molar-refractivity contribution in [2.75, 3.05) is 46.2 Å². The monoisotopic (exact) mass is 466 g/mol. The Hall–Kier alpha value is -2.47. The lowest BCUT2D eigenvalue weighted by Gasteiger charge is -2.37. The molecule has 1 atom stereocenters. The number of allylic oxidation sites excluding steroid dienone is 2. The van der Waals surface area contributed by atoms with Crippen molar-refractivity contribution >= 4 is 21.9 Å². The van der Waals surface area contributed by atoms with E-state index in [1.54, 1.807) is 25.4 Å². The van der Waals surface area contributed by atoms with Crippen molar-refractivity contribution < 1.29 is 17.6 Å². The van der Waals surface area contributed by atoms with Gasteiger partial charge in [-0.05, 0) is 49.2 Å². The number of nitrogens with one attached hydrogen (secondary N) is 2. The van der Waals surface area contributed by atoms with Crippen molar-refractivity contribution in [3.63, 3.8) is 0 Å². The highest BCUT2D eigenvalue weighted by Crippen LogP contribution is 2.22. The summed E-state index contributed by atoms with van der Waals surface area (Å²) in [5.74, 6) is -0.416. The lowest BCUT2D eigenvalue weighted by molar-refractivity contribution is 0.150. The van der Waals surface area contributed by atoms with Crippen molar-refractivity contribution in [1.82, 2.24) is 23.8 Å². The Morgan fingerprint density at radius 2 is 2.00 bits per heavy atom. The topological polar surface area (TPSA) is 88.2 Å². The van der Waals surface area contributed by atoms with E-state index < -0.39 is 16.0 Å². The van der Waals surface area contributed by atoms with Gasteiger partial charge in [-0.2, -0.15) is 17.0 Å². The predicted octanol–water partition coefficient (Wildman–Crippen LogP) is 1.95. The van der Waals surface area contributed by atoms with E-state index in [2.05, 4.69) is 15.8 Å². The Morgan fingerprint density at radius 1 is 1.22 bits per heavy atom. The Morgan fingerprint density at radius 3 is 2.69 bits per heavy atom. The molecule has 1 fully saturated rings. The summed E-state index contributed by atoms with van der Waals surface area (Å²) in [6, 6.07) is 4.05. The fourth-order valence-corrected chi connectivity index (χ4v) is 4.87. The zero-order chi connectivity index (χ0) is 23.3.